The number of anilines is 1. The van der Waals surface area contributed by atoms with Gasteiger partial charge in [-0.05, 0) is 46.2 Å². The molecule has 0 saturated carbocycles. The minimum absolute atomic E-state index is 0.189. The number of ether oxygens (including phenoxy) is 1. The Morgan fingerprint density at radius 1 is 1.31 bits per heavy atom. The standard InChI is InChI=1S/C20H33N3O3/c1-6-23(14-20(4,5)25)19(24)21-18-10-8-7-9-17(18)13-22-11-15(2)26-16(3)12-22/h7-10,15-16,25H,6,11-14H2,1-5H3,(H,21,24)/t15-,16+. The van der Waals surface area contributed by atoms with E-state index in [-0.39, 0.29) is 24.8 Å². The maximum Gasteiger partial charge on any atom is 0.321 e. The number of urea groups is 1. The Kier molecular flexibility index (Phi) is 7.03. The number of para-hydroxylation sites is 1. The summed E-state index contributed by atoms with van der Waals surface area (Å²) in [6, 6.07) is 7.71. The van der Waals surface area contributed by atoms with Gasteiger partial charge in [0.25, 0.3) is 0 Å². The van der Waals surface area contributed by atoms with Gasteiger partial charge in [-0.3, -0.25) is 4.90 Å². The molecule has 6 nitrogen and oxygen atoms in total. The van der Waals surface area contributed by atoms with Crippen molar-refractivity contribution < 1.29 is 14.6 Å². The Morgan fingerprint density at radius 3 is 2.50 bits per heavy atom. The molecule has 1 aliphatic heterocycles. The number of morpholine rings is 1. The van der Waals surface area contributed by atoms with Crippen molar-refractivity contribution in [3.63, 3.8) is 0 Å². The fourth-order valence-electron chi connectivity index (χ4n) is 3.42. The van der Waals surface area contributed by atoms with Crippen molar-refractivity contribution in [3.8, 4) is 0 Å². The molecule has 0 unspecified atom stereocenters. The largest absolute Gasteiger partial charge is 0.389 e. The summed E-state index contributed by atoms with van der Waals surface area (Å²) in [7, 11) is 0. The highest BCUT2D eigenvalue weighted by Crippen LogP contribution is 2.21. The third kappa shape index (κ3) is 6.27. The van der Waals surface area contributed by atoms with E-state index < -0.39 is 5.60 Å². The Morgan fingerprint density at radius 2 is 1.92 bits per heavy atom. The van der Waals surface area contributed by atoms with E-state index in [1.807, 2.05) is 31.2 Å². The predicted molar refractivity (Wildman–Crippen MR) is 104 cm³/mol. The molecular weight excluding hydrogens is 330 g/mol. The zero-order valence-electron chi connectivity index (χ0n) is 16.7. The summed E-state index contributed by atoms with van der Waals surface area (Å²) >= 11 is 0. The molecule has 1 aromatic carbocycles. The van der Waals surface area contributed by atoms with Crippen LogP contribution in [0.25, 0.3) is 0 Å². The summed E-state index contributed by atoms with van der Waals surface area (Å²) in [4.78, 5) is 16.6. The predicted octanol–water partition coefficient (Wildman–Crippen LogP) is 2.92. The van der Waals surface area contributed by atoms with Crippen molar-refractivity contribution in [2.45, 2.75) is 59.0 Å². The van der Waals surface area contributed by atoms with Crippen molar-refractivity contribution in [2.75, 3.05) is 31.5 Å². The van der Waals surface area contributed by atoms with Gasteiger partial charge in [-0.2, -0.15) is 0 Å². The van der Waals surface area contributed by atoms with Gasteiger partial charge in [0.05, 0.1) is 24.4 Å². The van der Waals surface area contributed by atoms with Crippen molar-refractivity contribution in [2.24, 2.45) is 0 Å². The van der Waals surface area contributed by atoms with Crippen LogP contribution in [0.4, 0.5) is 10.5 Å². The molecule has 26 heavy (non-hydrogen) atoms. The van der Waals surface area contributed by atoms with Crippen LogP contribution in [0, 0.1) is 0 Å². The van der Waals surface area contributed by atoms with Crippen molar-refractivity contribution >= 4 is 11.7 Å². The highest BCUT2D eigenvalue weighted by molar-refractivity contribution is 5.90. The molecule has 0 bridgehead atoms. The molecule has 2 amide bonds. The summed E-state index contributed by atoms with van der Waals surface area (Å²) in [6.45, 7) is 12.9. The normalized spacial score (nSPS) is 21.5. The second-order valence-corrected chi connectivity index (χ2v) is 7.87. The second-order valence-electron chi connectivity index (χ2n) is 7.87. The quantitative estimate of drug-likeness (QED) is 0.816. The van der Waals surface area contributed by atoms with Gasteiger partial charge < -0.3 is 20.1 Å². The fourth-order valence-corrected chi connectivity index (χ4v) is 3.42. The van der Waals surface area contributed by atoms with E-state index in [1.165, 1.54) is 0 Å². The Bertz CT molecular complexity index is 590. The van der Waals surface area contributed by atoms with Crippen LogP contribution in [-0.2, 0) is 11.3 Å². The summed E-state index contributed by atoms with van der Waals surface area (Å²) < 4.78 is 5.80. The zero-order chi connectivity index (χ0) is 19.3. The molecule has 1 aromatic rings. The molecule has 2 N–H and O–H groups in total. The summed E-state index contributed by atoms with van der Waals surface area (Å²) in [5.41, 5.74) is 0.979. The first-order valence-electron chi connectivity index (χ1n) is 9.42. The summed E-state index contributed by atoms with van der Waals surface area (Å²) in [5, 5.41) is 13.0. The maximum absolute atomic E-state index is 12.6. The molecule has 1 saturated heterocycles. The molecule has 1 aliphatic rings. The Balaban J connectivity index is 2.07. The minimum Gasteiger partial charge on any atom is -0.389 e. The smallest absolute Gasteiger partial charge is 0.321 e. The van der Waals surface area contributed by atoms with E-state index in [2.05, 4.69) is 24.1 Å². The lowest BCUT2D eigenvalue weighted by molar-refractivity contribution is -0.0704. The number of carbonyl (C=O) groups is 1. The molecule has 6 heteroatoms. The van der Waals surface area contributed by atoms with Crippen LogP contribution in [0.15, 0.2) is 24.3 Å². The summed E-state index contributed by atoms with van der Waals surface area (Å²) in [6.07, 6.45) is 0.422. The number of nitrogens with zero attached hydrogens (tertiary/aromatic N) is 2. The molecule has 2 atom stereocenters. The number of amides is 2. The van der Waals surface area contributed by atoms with Gasteiger partial charge >= 0.3 is 6.03 Å². The first kappa shape index (κ1) is 20.7. The van der Waals surface area contributed by atoms with Crippen LogP contribution in [0.2, 0.25) is 0 Å². The van der Waals surface area contributed by atoms with Gasteiger partial charge in [0.15, 0.2) is 0 Å². The van der Waals surface area contributed by atoms with E-state index in [1.54, 1.807) is 18.7 Å². The van der Waals surface area contributed by atoms with E-state index in [0.717, 1.165) is 30.9 Å². The monoisotopic (exact) mass is 363 g/mol. The molecule has 0 aromatic heterocycles. The lowest BCUT2D eigenvalue weighted by atomic mass is 10.1. The Hall–Kier alpha value is -1.63. The number of hydrogen-bond donors (Lipinski definition) is 2. The number of aliphatic hydroxyl groups is 1. The van der Waals surface area contributed by atoms with Gasteiger partial charge in [0.1, 0.15) is 0 Å². The number of carbonyl (C=O) groups excluding carboxylic acids is 1. The van der Waals surface area contributed by atoms with Gasteiger partial charge in [-0.1, -0.05) is 18.2 Å². The van der Waals surface area contributed by atoms with Gasteiger partial charge in [-0.25, -0.2) is 4.79 Å². The molecule has 1 heterocycles. The number of rotatable bonds is 6. The first-order valence-corrected chi connectivity index (χ1v) is 9.42. The van der Waals surface area contributed by atoms with Gasteiger partial charge in [-0.15, -0.1) is 0 Å². The van der Waals surface area contributed by atoms with Crippen LogP contribution in [0.3, 0.4) is 0 Å². The van der Waals surface area contributed by atoms with Crippen LogP contribution in [-0.4, -0.2) is 64.9 Å². The number of benzene rings is 1. The van der Waals surface area contributed by atoms with Crippen LogP contribution in [0.1, 0.15) is 40.2 Å². The van der Waals surface area contributed by atoms with E-state index in [0.29, 0.717) is 6.54 Å². The molecule has 146 valence electrons. The van der Waals surface area contributed by atoms with Crippen LogP contribution >= 0.6 is 0 Å². The number of likely N-dealkylation sites (N-methyl/N-ethyl adjacent to an activating group) is 1. The molecule has 0 aliphatic carbocycles. The number of nitrogens with one attached hydrogen (secondary N) is 1. The minimum atomic E-state index is -0.924. The van der Waals surface area contributed by atoms with Crippen LogP contribution in [0.5, 0.6) is 0 Å². The third-order valence-corrected chi connectivity index (χ3v) is 4.39. The fraction of sp³-hybridized carbons (Fsp3) is 0.650. The lowest BCUT2D eigenvalue weighted by Gasteiger charge is -2.35. The van der Waals surface area contributed by atoms with E-state index >= 15 is 0 Å². The van der Waals surface area contributed by atoms with E-state index in [9.17, 15) is 9.90 Å². The molecule has 1 fully saturated rings. The highest BCUT2D eigenvalue weighted by atomic mass is 16.5. The molecular formula is C20H33N3O3. The zero-order valence-corrected chi connectivity index (χ0v) is 16.7. The Labute approximate surface area is 157 Å². The average molecular weight is 364 g/mol. The highest BCUT2D eigenvalue weighted by Gasteiger charge is 2.24. The number of hydrogen-bond acceptors (Lipinski definition) is 4. The molecule has 2 rings (SSSR count). The van der Waals surface area contributed by atoms with Gasteiger partial charge in [0.2, 0.25) is 0 Å². The first-order chi connectivity index (χ1) is 12.2. The van der Waals surface area contributed by atoms with Crippen molar-refractivity contribution in [1.82, 2.24) is 9.80 Å². The molecule has 0 radical (unpaired) electrons. The maximum atomic E-state index is 12.6. The van der Waals surface area contributed by atoms with Crippen molar-refractivity contribution in [3.05, 3.63) is 29.8 Å². The second kappa shape index (κ2) is 8.84. The summed E-state index contributed by atoms with van der Waals surface area (Å²) in [5.74, 6) is 0. The SMILES string of the molecule is CCN(CC(C)(C)O)C(=O)Nc1ccccc1CN1C[C@@H](C)O[C@@H](C)C1. The average Bonchev–Trinajstić information content (AvgIpc) is 2.52. The van der Waals surface area contributed by atoms with Crippen LogP contribution < -0.4 is 5.32 Å². The topological polar surface area (TPSA) is 65.0 Å². The molecule has 0 spiro atoms. The van der Waals surface area contributed by atoms with Gasteiger partial charge in [0, 0.05) is 31.9 Å². The van der Waals surface area contributed by atoms with Crippen molar-refractivity contribution in [1.29, 1.82) is 0 Å². The van der Waals surface area contributed by atoms with E-state index in [4.69, 9.17) is 4.74 Å². The third-order valence-electron chi connectivity index (χ3n) is 4.39. The lowest BCUT2D eigenvalue weighted by Crippen LogP contribution is -2.45.